The van der Waals surface area contributed by atoms with Gasteiger partial charge >= 0.3 is 5.97 Å². The normalized spacial score (nSPS) is 27.8. The molecule has 1 heterocycles. The van der Waals surface area contributed by atoms with Crippen LogP contribution in [0.3, 0.4) is 0 Å². The van der Waals surface area contributed by atoms with Crippen molar-refractivity contribution in [3.05, 3.63) is 0 Å². The second-order valence-electron chi connectivity index (χ2n) is 3.90. The van der Waals surface area contributed by atoms with Crippen LogP contribution in [0.2, 0.25) is 0 Å². The number of hydrogen-bond donors (Lipinski definition) is 2. The summed E-state index contributed by atoms with van der Waals surface area (Å²) in [5.41, 5.74) is 0. The standard InChI is InChI=1S/C9H15NO3/c1-5(2)9-6(4-8(12)13)3-7(11)10-9/h5-6,9H,3-4H2,1-2H3,(H,10,11)(H,12,13)/t6-,9-/m1/s1. The Morgan fingerprint density at radius 1 is 1.69 bits per heavy atom. The zero-order chi connectivity index (χ0) is 10.0. The van der Waals surface area contributed by atoms with E-state index in [1.807, 2.05) is 13.8 Å². The van der Waals surface area contributed by atoms with E-state index in [1.54, 1.807) is 0 Å². The van der Waals surface area contributed by atoms with Gasteiger partial charge in [0.15, 0.2) is 0 Å². The minimum atomic E-state index is -0.827. The van der Waals surface area contributed by atoms with Crippen molar-refractivity contribution in [3.63, 3.8) is 0 Å². The third-order valence-corrected chi connectivity index (χ3v) is 2.44. The van der Waals surface area contributed by atoms with Crippen LogP contribution in [-0.4, -0.2) is 23.0 Å². The van der Waals surface area contributed by atoms with Crippen molar-refractivity contribution in [2.24, 2.45) is 11.8 Å². The average molecular weight is 185 g/mol. The maximum Gasteiger partial charge on any atom is 0.303 e. The predicted octanol–water partition coefficient (Wildman–Crippen LogP) is 0.622. The molecule has 1 saturated heterocycles. The molecule has 2 N–H and O–H groups in total. The van der Waals surface area contributed by atoms with Gasteiger partial charge in [0.25, 0.3) is 0 Å². The van der Waals surface area contributed by atoms with Crippen LogP contribution in [0.5, 0.6) is 0 Å². The molecule has 4 nitrogen and oxygen atoms in total. The maximum atomic E-state index is 11.0. The van der Waals surface area contributed by atoms with Gasteiger partial charge in [-0.05, 0) is 11.8 Å². The molecule has 1 fully saturated rings. The summed E-state index contributed by atoms with van der Waals surface area (Å²) in [6, 6.07) is 0.0311. The number of carbonyl (C=O) groups excluding carboxylic acids is 1. The Morgan fingerprint density at radius 2 is 2.31 bits per heavy atom. The van der Waals surface area contributed by atoms with Crippen molar-refractivity contribution in [2.75, 3.05) is 0 Å². The van der Waals surface area contributed by atoms with Crippen LogP contribution in [-0.2, 0) is 9.59 Å². The highest BCUT2D eigenvalue weighted by atomic mass is 16.4. The first-order valence-corrected chi connectivity index (χ1v) is 4.52. The molecular weight excluding hydrogens is 170 g/mol. The highest BCUT2D eigenvalue weighted by Gasteiger charge is 2.35. The van der Waals surface area contributed by atoms with Crippen molar-refractivity contribution in [2.45, 2.75) is 32.7 Å². The van der Waals surface area contributed by atoms with E-state index in [4.69, 9.17) is 5.11 Å². The minimum Gasteiger partial charge on any atom is -0.481 e. The third-order valence-electron chi connectivity index (χ3n) is 2.44. The maximum absolute atomic E-state index is 11.0. The van der Waals surface area contributed by atoms with Gasteiger partial charge in [0.1, 0.15) is 0 Å². The van der Waals surface area contributed by atoms with Crippen LogP contribution >= 0.6 is 0 Å². The summed E-state index contributed by atoms with van der Waals surface area (Å²) in [5.74, 6) is -0.585. The van der Waals surface area contributed by atoms with Crippen molar-refractivity contribution >= 4 is 11.9 Å². The molecule has 0 spiro atoms. The van der Waals surface area contributed by atoms with Gasteiger partial charge in [-0.2, -0.15) is 0 Å². The Kier molecular flexibility index (Phi) is 2.90. The first kappa shape index (κ1) is 10.0. The zero-order valence-electron chi connectivity index (χ0n) is 7.91. The molecule has 0 aromatic carbocycles. The molecule has 0 aromatic rings. The van der Waals surface area contributed by atoms with Crippen LogP contribution in [0, 0.1) is 11.8 Å². The second-order valence-corrected chi connectivity index (χ2v) is 3.90. The topological polar surface area (TPSA) is 66.4 Å². The number of rotatable bonds is 3. The van der Waals surface area contributed by atoms with Crippen LogP contribution < -0.4 is 5.32 Å². The van der Waals surface area contributed by atoms with Gasteiger partial charge in [0, 0.05) is 12.5 Å². The Morgan fingerprint density at radius 3 is 2.77 bits per heavy atom. The van der Waals surface area contributed by atoms with Crippen LogP contribution in [0.1, 0.15) is 26.7 Å². The SMILES string of the molecule is CC(C)[C@H]1NC(=O)C[C@@H]1CC(=O)O. The van der Waals surface area contributed by atoms with Crippen LogP contribution in [0.15, 0.2) is 0 Å². The molecule has 1 rings (SSSR count). The van der Waals surface area contributed by atoms with Crippen molar-refractivity contribution < 1.29 is 14.7 Å². The van der Waals surface area contributed by atoms with Crippen molar-refractivity contribution in [3.8, 4) is 0 Å². The average Bonchev–Trinajstić information content (AvgIpc) is 2.29. The lowest BCUT2D eigenvalue weighted by molar-refractivity contribution is -0.138. The summed E-state index contributed by atoms with van der Waals surface area (Å²) < 4.78 is 0. The third kappa shape index (κ3) is 2.44. The lowest BCUT2D eigenvalue weighted by atomic mass is 9.89. The van der Waals surface area contributed by atoms with E-state index in [0.717, 1.165) is 0 Å². The minimum absolute atomic E-state index is 0.0232. The summed E-state index contributed by atoms with van der Waals surface area (Å²) in [5, 5.41) is 11.4. The molecule has 1 aliphatic rings. The number of aliphatic carboxylic acids is 1. The van der Waals surface area contributed by atoms with Gasteiger partial charge in [-0.3, -0.25) is 9.59 Å². The molecule has 74 valence electrons. The molecule has 0 saturated carbocycles. The highest BCUT2D eigenvalue weighted by molar-refractivity contribution is 5.80. The van der Waals surface area contributed by atoms with Gasteiger partial charge in [0.2, 0.25) is 5.91 Å². The molecule has 0 radical (unpaired) electrons. The first-order chi connectivity index (χ1) is 6.00. The van der Waals surface area contributed by atoms with Gasteiger partial charge in [-0.25, -0.2) is 0 Å². The molecule has 1 aliphatic heterocycles. The van der Waals surface area contributed by atoms with E-state index in [0.29, 0.717) is 12.3 Å². The van der Waals surface area contributed by atoms with Crippen LogP contribution in [0.25, 0.3) is 0 Å². The van der Waals surface area contributed by atoms with Crippen molar-refractivity contribution in [1.82, 2.24) is 5.32 Å². The van der Waals surface area contributed by atoms with Crippen molar-refractivity contribution in [1.29, 1.82) is 0 Å². The number of nitrogens with one attached hydrogen (secondary N) is 1. The summed E-state index contributed by atoms with van der Waals surface area (Å²) in [6.07, 6.45) is 0.441. The number of amides is 1. The van der Waals surface area contributed by atoms with E-state index in [2.05, 4.69) is 5.32 Å². The van der Waals surface area contributed by atoms with E-state index in [-0.39, 0.29) is 24.3 Å². The molecule has 4 heteroatoms. The molecule has 0 aliphatic carbocycles. The molecule has 0 bridgehead atoms. The summed E-state index contributed by atoms with van der Waals surface area (Å²) >= 11 is 0. The lowest BCUT2D eigenvalue weighted by Crippen LogP contribution is -2.34. The van der Waals surface area contributed by atoms with E-state index in [1.165, 1.54) is 0 Å². The molecule has 13 heavy (non-hydrogen) atoms. The first-order valence-electron chi connectivity index (χ1n) is 4.52. The van der Waals surface area contributed by atoms with E-state index >= 15 is 0 Å². The fraction of sp³-hybridized carbons (Fsp3) is 0.778. The smallest absolute Gasteiger partial charge is 0.303 e. The van der Waals surface area contributed by atoms with Crippen LogP contribution in [0.4, 0.5) is 0 Å². The Hall–Kier alpha value is -1.06. The Labute approximate surface area is 77.3 Å². The fourth-order valence-electron chi connectivity index (χ4n) is 1.86. The Bertz CT molecular complexity index is 225. The number of carboxylic acids is 1. The predicted molar refractivity (Wildman–Crippen MR) is 47.1 cm³/mol. The summed E-state index contributed by atoms with van der Waals surface area (Å²) in [4.78, 5) is 21.5. The number of carbonyl (C=O) groups is 2. The fourth-order valence-corrected chi connectivity index (χ4v) is 1.86. The monoisotopic (exact) mass is 185 g/mol. The zero-order valence-corrected chi connectivity index (χ0v) is 7.91. The lowest BCUT2D eigenvalue weighted by Gasteiger charge is -2.20. The molecule has 1 amide bonds. The molecule has 0 unspecified atom stereocenters. The van der Waals surface area contributed by atoms with E-state index in [9.17, 15) is 9.59 Å². The molecular formula is C9H15NO3. The summed E-state index contributed by atoms with van der Waals surface area (Å²) in [7, 11) is 0. The second kappa shape index (κ2) is 3.77. The number of hydrogen-bond acceptors (Lipinski definition) is 2. The molecule has 2 atom stereocenters. The quantitative estimate of drug-likeness (QED) is 0.677. The van der Waals surface area contributed by atoms with Gasteiger partial charge in [0.05, 0.1) is 6.42 Å². The number of carboxylic acid groups (broad SMARTS) is 1. The highest BCUT2D eigenvalue weighted by Crippen LogP contribution is 2.25. The molecule has 0 aromatic heterocycles. The summed E-state index contributed by atoms with van der Waals surface area (Å²) in [6.45, 7) is 3.98. The Balaban J connectivity index is 2.60. The van der Waals surface area contributed by atoms with E-state index < -0.39 is 5.97 Å². The van der Waals surface area contributed by atoms with Gasteiger partial charge in [-0.1, -0.05) is 13.8 Å². The van der Waals surface area contributed by atoms with Gasteiger partial charge in [-0.15, -0.1) is 0 Å². The largest absolute Gasteiger partial charge is 0.481 e. The van der Waals surface area contributed by atoms with Gasteiger partial charge < -0.3 is 10.4 Å².